The van der Waals surface area contributed by atoms with Gasteiger partial charge in [-0.3, -0.25) is 4.79 Å². The number of hydrogen-bond donors (Lipinski definition) is 1. The van der Waals surface area contributed by atoms with E-state index in [1.807, 2.05) is 19.9 Å². The number of carbonyl (C=O) groups excluding carboxylic acids is 1. The minimum absolute atomic E-state index is 0.0939. The fraction of sp³-hybridized carbons (Fsp3) is 0.300. The molecule has 1 fully saturated rings. The number of carbonyl (C=O) groups is 1. The maximum atomic E-state index is 13.5. The minimum Gasteiger partial charge on any atom is -0.347 e. The van der Waals surface area contributed by atoms with Crippen LogP contribution in [-0.4, -0.2) is 26.5 Å². The van der Waals surface area contributed by atoms with E-state index in [1.165, 1.54) is 22.7 Å². The molecule has 0 unspecified atom stereocenters. The van der Waals surface area contributed by atoms with Gasteiger partial charge in [0.1, 0.15) is 5.82 Å². The first-order valence-electron chi connectivity index (χ1n) is 8.84. The molecule has 1 atom stereocenters. The molecule has 7 heteroatoms. The van der Waals surface area contributed by atoms with Gasteiger partial charge in [-0.05, 0) is 62.4 Å². The van der Waals surface area contributed by atoms with Crippen LogP contribution in [0.5, 0.6) is 0 Å². The monoisotopic (exact) mass is 363 g/mol. The Morgan fingerprint density at radius 1 is 1.41 bits per heavy atom. The fourth-order valence-electron chi connectivity index (χ4n) is 3.24. The summed E-state index contributed by atoms with van der Waals surface area (Å²) in [6.07, 6.45) is 3.87. The fourth-order valence-corrected chi connectivity index (χ4v) is 3.24. The van der Waals surface area contributed by atoms with Crippen LogP contribution >= 0.6 is 0 Å². The SMILES string of the molecule is Cc1cc(-c2ccc(F)cc2C#N)nn2c(C(=O)N[C@@H](C)C3CC3)ncc12. The molecule has 3 aromatic rings. The molecule has 1 amide bonds. The zero-order valence-electron chi connectivity index (χ0n) is 15.0. The summed E-state index contributed by atoms with van der Waals surface area (Å²) in [5.74, 6) is -0.0335. The molecule has 0 spiro atoms. The first kappa shape index (κ1) is 17.2. The average Bonchev–Trinajstić information content (AvgIpc) is 3.41. The molecular formula is C20H18FN5O. The number of nitriles is 1. The molecule has 6 nitrogen and oxygen atoms in total. The van der Waals surface area contributed by atoms with Crippen LogP contribution in [0, 0.1) is 30.0 Å². The molecule has 0 bridgehead atoms. The Balaban J connectivity index is 1.78. The van der Waals surface area contributed by atoms with Crippen LogP contribution in [0.3, 0.4) is 0 Å². The lowest BCUT2D eigenvalue weighted by Gasteiger charge is -2.12. The number of nitrogens with one attached hydrogen (secondary N) is 1. The molecule has 2 heterocycles. The Labute approximate surface area is 155 Å². The van der Waals surface area contributed by atoms with Gasteiger partial charge in [0.25, 0.3) is 5.91 Å². The van der Waals surface area contributed by atoms with E-state index in [9.17, 15) is 14.4 Å². The summed E-state index contributed by atoms with van der Waals surface area (Å²) in [4.78, 5) is 16.9. The summed E-state index contributed by atoms with van der Waals surface area (Å²) in [6.45, 7) is 3.87. The van der Waals surface area contributed by atoms with Crippen molar-refractivity contribution in [2.45, 2.75) is 32.7 Å². The van der Waals surface area contributed by atoms with Crippen LogP contribution in [0.1, 0.15) is 41.5 Å². The molecule has 1 N–H and O–H groups in total. The van der Waals surface area contributed by atoms with E-state index in [4.69, 9.17) is 0 Å². The zero-order chi connectivity index (χ0) is 19.1. The van der Waals surface area contributed by atoms with Crippen LogP contribution in [-0.2, 0) is 0 Å². The van der Waals surface area contributed by atoms with Gasteiger partial charge < -0.3 is 5.32 Å². The van der Waals surface area contributed by atoms with E-state index in [2.05, 4.69) is 15.4 Å². The van der Waals surface area contributed by atoms with Gasteiger partial charge in [0.2, 0.25) is 5.82 Å². The Hall–Kier alpha value is -3.27. The molecule has 1 aromatic carbocycles. The number of aromatic nitrogens is 3. The van der Waals surface area contributed by atoms with E-state index in [-0.39, 0.29) is 23.3 Å². The smallest absolute Gasteiger partial charge is 0.289 e. The summed E-state index contributed by atoms with van der Waals surface area (Å²) >= 11 is 0. The largest absolute Gasteiger partial charge is 0.347 e. The second kappa shape index (κ2) is 6.47. The minimum atomic E-state index is -0.482. The van der Waals surface area contributed by atoms with Gasteiger partial charge in [0.15, 0.2) is 0 Å². The third-order valence-corrected chi connectivity index (χ3v) is 4.97. The average molecular weight is 363 g/mol. The van der Waals surface area contributed by atoms with E-state index in [1.54, 1.807) is 12.3 Å². The van der Waals surface area contributed by atoms with Crippen LogP contribution in [0.25, 0.3) is 16.8 Å². The summed E-state index contributed by atoms with van der Waals surface area (Å²) in [5.41, 5.74) is 2.75. The number of benzene rings is 1. The number of rotatable bonds is 4. The molecule has 0 radical (unpaired) electrons. The molecule has 1 saturated carbocycles. The first-order valence-corrected chi connectivity index (χ1v) is 8.84. The third-order valence-electron chi connectivity index (χ3n) is 4.97. The number of halogens is 1. The molecule has 1 aliphatic carbocycles. The molecule has 0 saturated heterocycles. The summed E-state index contributed by atoms with van der Waals surface area (Å²) in [7, 11) is 0. The van der Waals surface area contributed by atoms with Crippen molar-refractivity contribution in [3.8, 4) is 17.3 Å². The van der Waals surface area contributed by atoms with Crippen molar-refractivity contribution < 1.29 is 9.18 Å². The van der Waals surface area contributed by atoms with Crippen molar-refractivity contribution in [1.82, 2.24) is 19.9 Å². The molecular weight excluding hydrogens is 345 g/mol. The summed E-state index contributed by atoms with van der Waals surface area (Å²) in [5, 5.41) is 16.8. The number of aryl methyl sites for hydroxylation is 1. The van der Waals surface area contributed by atoms with Crippen molar-refractivity contribution in [3.63, 3.8) is 0 Å². The van der Waals surface area contributed by atoms with E-state index < -0.39 is 5.82 Å². The van der Waals surface area contributed by atoms with Gasteiger partial charge in [-0.25, -0.2) is 13.9 Å². The number of amides is 1. The molecule has 27 heavy (non-hydrogen) atoms. The summed E-state index contributed by atoms with van der Waals surface area (Å²) < 4.78 is 14.9. The van der Waals surface area contributed by atoms with Crippen molar-refractivity contribution in [2.75, 3.05) is 0 Å². The molecule has 136 valence electrons. The number of hydrogen-bond acceptors (Lipinski definition) is 4. The van der Waals surface area contributed by atoms with Crippen molar-refractivity contribution in [3.05, 3.63) is 53.2 Å². The highest BCUT2D eigenvalue weighted by Crippen LogP contribution is 2.32. The highest BCUT2D eigenvalue weighted by molar-refractivity contribution is 5.92. The summed E-state index contributed by atoms with van der Waals surface area (Å²) in [6, 6.07) is 7.88. The Morgan fingerprint density at radius 3 is 2.89 bits per heavy atom. The number of imidazole rings is 1. The van der Waals surface area contributed by atoms with Gasteiger partial charge in [-0.15, -0.1) is 0 Å². The second-order valence-corrected chi connectivity index (χ2v) is 6.99. The highest BCUT2D eigenvalue weighted by Gasteiger charge is 2.30. The Bertz CT molecular complexity index is 1090. The predicted molar refractivity (Wildman–Crippen MR) is 97.5 cm³/mol. The maximum absolute atomic E-state index is 13.5. The van der Waals surface area contributed by atoms with Gasteiger partial charge in [-0.2, -0.15) is 10.4 Å². The van der Waals surface area contributed by atoms with Crippen LogP contribution < -0.4 is 5.32 Å². The first-order chi connectivity index (χ1) is 13.0. The number of fused-ring (bicyclic) bond motifs is 1. The highest BCUT2D eigenvalue weighted by atomic mass is 19.1. The number of nitrogens with zero attached hydrogens (tertiary/aromatic N) is 4. The lowest BCUT2D eigenvalue weighted by Crippen LogP contribution is -2.35. The van der Waals surface area contributed by atoms with E-state index in [0.29, 0.717) is 22.7 Å². The van der Waals surface area contributed by atoms with Crippen LogP contribution in [0.2, 0.25) is 0 Å². The zero-order valence-corrected chi connectivity index (χ0v) is 15.0. The van der Waals surface area contributed by atoms with Gasteiger partial charge in [0.05, 0.1) is 29.0 Å². The lowest BCUT2D eigenvalue weighted by atomic mass is 10.0. The molecule has 0 aliphatic heterocycles. The molecule has 4 rings (SSSR count). The van der Waals surface area contributed by atoms with Crippen LogP contribution in [0.15, 0.2) is 30.5 Å². The van der Waals surface area contributed by atoms with Gasteiger partial charge in [0, 0.05) is 11.6 Å². The quantitative estimate of drug-likeness (QED) is 0.771. The Morgan fingerprint density at radius 2 is 2.19 bits per heavy atom. The second-order valence-electron chi connectivity index (χ2n) is 6.99. The van der Waals surface area contributed by atoms with E-state index in [0.717, 1.165) is 18.4 Å². The van der Waals surface area contributed by atoms with Crippen LogP contribution in [0.4, 0.5) is 4.39 Å². The molecule has 2 aromatic heterocycles. The normalized spacial score (nSPS) is 14.7. The molecule has 1 aliphatic rings. The Kier molecular flexibility index (Phi) is 4.11. The predicted octanol–water partition coefficient (Wildman–Crippen LogP) is 3.24. The van der Waals surface area contributed by atoms with E-state index >= 15 is 0 Å². The standard InChI is InChI=1S/C20H18FN5O/c1-11-7-17(16-6-5-15(21)8-14(16)9-22)25-26-18(11)10-23-19(26)20(27)24-12(2)13-3-4-13/h5-8,10,12-13H,3-4H2,1-2H3,(H,24,27)/t12-/m0/s1. The van der Waals surface area contributed by atoms with Crippen molar-refractivity contribution in [1.29, 1.82) is 5.26 Å². The van der Waals surface area contributed by atoms with Crippen molar-refractivity contribution in [2.24, 2.45) is 5.92 Å². The lowest BCUT2D eigenvalue weighted by molar-refractivity contribution is 0.0923. The van der Waals surface area contributed by atoms with Gasteiger partial charge in [-0.1, -0.05) is 0 Å². The van der Waals surface area contributed by atoms with Gasteiger partial charge >= 0.3 is 0 Å². The topological polar surface area (TPSA) is 83.1 Å². The third kappa shape index (κ3) is 3.14. The maximum Gasteiger partial charge on any atom is 0.289 e. The van der Waals surface area contributed by atoms with Crippen molar-refractivity contribution >= 4 is 11.4 Å².